The number of carbonyl (C=O) groups is 1. The van der Waals surface area contributed by atoms with Crippen molar-refractivity contribution < 1.29 is 14.6 Å². The lowest BCUT2D eigenvalue weighted by Gasteiger charge is -2.32. The molecule has 0 saturated carbocycles. The minimum Gasteiger partial charge on any atom is -0.480 e. The van der Waals surface area contributed by atoms with Crippen LogP contribution in [0.4, 0.5) is 0 Å². The second-order valence-electron chi connectivity index (χ2n) is 4.16. The van der Waals surface area contributed by atoms with Crippen LogP contribution in [0.2, 0.25) is 0 Å². The van der Waals surface area contributed by atoms with Crippen molar-refractivity contribution in [1.29, 1.82) is 0 Å². The van der Waals surface area contributed by atoms with Crippen LogP contribution in [0.25, 0.3) is 0 Å². The molecule has 1 heterocycles. The van der Waals surface area contributed by atoms with E-state index in [2.05, 4.69) is 0 Å². The molecule has 18 heavy (non-hydrogen) atoms. The van der Waals surface area contributed by atoms with Gasteiger partial charge in [0.15, 0.2) is 0 Å². The lowest BCUT2D eigenvalue weighted by atomic mass is 10.1. The molecule has 98 valence electrons. The van der Waals surface area contributed by atoms with E-state index in [1.165, 1.54) is 0 Å². The summed E-state index contributed by atoms with van der Waals surface area (Å²) in [4.78, 5) is 14.6. The van der Waals surface area contributed by atoms with Crippen molar-refractivity contribution >= 4 is 17.7 Å². The second-order valence-corrected chi connectivity index (χ2v) is 5.04. The molecule has 1 aliphatic rings. The van der Waals surface area contributed by atoms with Gasteiger partial charge < -0.3 is 9.84 Å². The summed E-state index contributed by atoms with van der Waals surface area (Å²) in [6.45, 7) is 2.54. The van der Waals surface area contributed by atoms with Gasteiger partial charge >= 0.3 is 5.97 Å². The number of hydrogen-bond donors (Lipinski definition) is 1. The van der Waals surface area contributed by atoms with Crippen molar-refractivity contribution in [3.05, 3.63) is 29.8 Å². The van der Waals surface area contributed by atoms with Crippen LogP contribution in [-0.4, -0.2) is 48.5 Å². The number of aliphatic carboxylic acids is 1. The maximum Gasteiger partial charge on any atom is 0.325 e. The summed E-state index contributed by atoms with van der Waals surface area (Å²) in [5, 5.41) is 9.42. The molecule has 0 aromatic heterocycles. The Kier molecular flexibility index (Phi) is 4.63. The number of carboxylic acids is 1. The summed E-state index contributed by atoms with van der Waals surface area (Å²) < 4.78 is 5.26. The zero-order valence-corrected chi connectivity index (χ0v) is 11.2. The molecule has 4 nitrogen and oxygen atoms in total. The molecule has 0 aliphatic carbocycles. The summed E-state index contributed by atoms with van der Waals surface area (Å²) >= 11 is 1.65. The first-order valence-electron chi connectivity index (χ1n) is 5.91. The monoisotopic (exact) mass is 267 g/mol. The first kappa shape index (κ1) is 13.4. The highest BCUT2D eigenvalue weighted by molar-refractivity contribution is 7.98. The first-order valence-corrected chi connectivity index (χ1v) is 7.13. The predicted molar refractivity (Wildman–Crippen MR) is 71.0 cm³/mol. The number of hydrogen-bond acceptors (Lipinski definition) is 4. The number of ether oxygens (including phenoxy) is 1. The maximum absolute atomic E-state index is 11.5. The van der Waals surface area contributed by atoms with Gasteiger partial charge in [0, 0.05) is 18.0 Å². The van der Waals surface area contributed by atoms with Gasteiger partial charge in [-0.2, -0.15) is 0 Å². The van der Waals surface area contributed by atoms with Crippen LogP contribution in [0.1, 0.15) is 11.6 Å². The number of rotatable bonds is 4. The fraction of sp³-hybridized carbons (Fsp3) is 0.462. The number of morpholine rings is 1. The molecular formula is C13H17NO3S. The molecule has 0 unspecified atom stereocenters. The number of carboxylic acid groups (broad SMARTS) is 1. The van der Waals surface area contributed by atoms with Gasteiger partial charge in [0.25, 0.3) is 0 Å². The second kappa shape index (κ2) is 6.22. The lowest BCUT2D eigenvalue weighted by molar-refractivity contribution is -0.145. The molecule has 0 spiro atoms. The topological polar surface area (TPSA) is 49.8 Å². The summed E-state index contributed by atoms with van der Waals surface area (Å²) in [7, 11) is 0. The van der Waals surface area contributed by atoms with Gasteiger partial charge in [0.1, 0.15) is 6.04 Å². The molecule has 1 atom stereocenters. The Morgan fingerprint density at radius 3 is 2.44 bits per heavy atom. The molecule has 1 saturated heterocycles. The van der Waals surface area contributed by atoms with E-state index in [-0.39, 0.29) is 0 Å². The highest BCUT2D eigenvalue weighted by Gasteiger charge is 2.28. The van der Waals surface area contributed by atoms with E-state index in [1.807, 2.05) is 35.4 Å². The quantitative estimate of drug-likeness (QED) is 0.844. The molecule has 0 radical (unpaired) electrons. The fourth-order valence-electron chi connectivity index (χ4n) is 2.13. The minimum atomic E-state index is -0.797. The van der Waals surface area contributed by atoms with Crippen LogP contribution in [0.5, 0.6) is 0 Å². The van der Waals surface area contributed by atoms with Gasteiger partial charge in [0.05, 0.1) is 13.2 Å². The van der Waals surface area contributed by atoms with Gasteiger partial charge in [-0.15, -0.1) is 11.8 Å². The number of thioether (sulfide) groups is 1. The Hall–Kier alpha value is -1.04. The van der Waals surface area contributed by atoms with Crippen molar-refractivity contribution in [2.45, 2.75) is 10.9 Å². The van der Waals surface area contributed by atoms with Crippen LogP contribution < -0.4 is 0 Å². The van der Waals surface area contributed by atoms with Crippen LogP contribution >= 0.6 is 11.8 Å². The Labute approximate surface area is 111 Å². The van der Waals surface area contributed by atoms with Crippen molar-refractivity contribution in [3.63, 3.8) is 0 Å². The number of benzene rings is 1. The fourth-order valence-corrected chi connectivity index (χ4v) is 2.54. The van der Waals surface area contributed by atoms with E-state index < -0.39 is 12.0 Å². The highest BCUT2D eigenvalue weighted by Crippen LogP contribution is 2.24. The van der Waals surface area contributed by atoms with Crippen LogP contribution in [-0.2, 0) is 9.53 Å². The summed E-state index contributed by atoms with van der Waals surface area (Å²) in [6.07, 6.45) is 2.01. The van der Waals surface area contributed by atoms with Gasteiger partial charge in [-0.1, -0.05) is 12.1 Å². The maximum atomic E-state index is 11.5. The van der Waals surface area contributed by atoms with E-state index in [1.54, 1.807) is 11.8 Å². The average molecular weight is 267 g/mol. The lowest BCUT2D eigenvalue weighted by Crippen LogP contribution is -2.42. The first-order chi connectivity index (χ1) is 8.72. The summed E-state index contributed by atoms with van der Waals surface area (Å²) in [5.74, 6) is -0.797. The summed E-state index contributed by atoms with van der Waals surface area (Å²) in [6, 6.07) is 7.18. The summed E-state index contributed by atoms with van der Waals surface area (Å²) in [5.41, 5.74) is 0.835. The Bertz CT molecular complexity index is 401. The van der Waals surface area contributed by atoms with Gasteiger partial charge in [-0.05, 0) is 24.0 Å². The third kappa shape index (κ3) is 3.04. The van der Waals surface area contributed by atoms with E-state index in [0.29, 0.717) is 26.3 Å². The Morgan fingerprint density at radius 1 is 1.33 bits per heavy atom. The zero-order valence-electron chi connectivity index (χ0n) is 10.3. The van der Waals surface area contributed by atoms with Crippen LogP contribution in [0, 0.1) is 0 Å². The Morgan fingerprint density at radius 2 is 1.94 bits per heavy atom. The molecule has 1 N–H and O–H groups in total. The Balaban J connectivity index is 2.20. The molecule has 2 rings (SSSR count). The van der Waals surface area contributed by atoms with E-state index in [0.717, 1.165) is 10.5 Å². The number of nitrogens with zero attached hydrogens (tertiary/aromatic N) is 1. The largest absolute Gasteiger partial charge is 0.480 e. The van der Waals surface area contributed by atoms with E-state index in [9.17, 15) is 9.90 Å². The van der Waals surface area contributed by atoms with Crippen LogP contribution in [0.15, 0.2) is 29.2 Å². The van der Waals surface area contributed by atoms with Gasteiger partial charge in [-0.25, -0.2) is 0 Å². The van der Waals surface area contributed by atoms with Gasteiger partial charge in [-0.3, -0.25) is 9.69 Å². The molecule has 0 amide bonds. The third-order valence-corrected chi connectivity index (χ3v) is 3.82. The van der Waals surface area contributed by atoms with E-state index >= 15 is 0 Å². The smallest absolute Gasteiger partial charge is 0.325 e. The molecule has 1 aromatic carbocycles. The predicted octanol–water partition coefficient (Wildman–Crippen LogP) is 1.87. The van der Waals surface area contributed by atoms with Crippen molar-refractivity contribution in [3.8, 4) is 0 Å². The molecule has 5 heteroatoms. The molecular weight excluding hydrogens is 250 g/mol. The van der Waals surface area contributed by atoms with E-state index in [4.69, 9.17) is 4.74 Å². The van der Waals surface area contributed by atoms with Crippen molar-refractivity contribution in [1.82, 2.24) is 4.90 Å². The molecule has 1 aliphatic heterocycles. The molecule has 0 bridgehead atoms. The standard InChI is InChI=1S/C13H17NO3S/c1-18-11-4-2-10(3-5-11)12(13(15)16)14-6-8-17-9-7-14/h2-5,12H,6-9H2,1H3,(H,15,16)/t12-/m1/s1. The highest BCUT2D eigenvalue weighted by atomic mass is 32.2. The van der Waals surface area contributed by atoms with Gasteiger partial charge in [0.2, 0.25) is 0 Å². The minimum absolute atomic E-state index is 0.565. The zero-order chi connectivity index (χ0) is 13.0. The normalized spacial score (nSPS) is 18.5. The third-order valence-electron chi connectivity index (χ3n) is 3.08. The molecule has 1 aromatic rings. The average Bonchev–Trinajstić information content (AvgIpc) is 2.40. The SMILES string of the molecule is CSc1ccc([C@H](C(=O)O)N2CCOCC2)cc1. The van der Waals surface area contributed by atoms with Crippen LogP contribution in [0.3, 0.4) is 0 Å². The van der Waals surface area contributed by atoms with Crippen molar-refractivity contribution in [2.75, 3.05) is 32.6 Å². The van der Waals surface area contributed by atoms with Crippen molar-refractivity contribution in [2.24, 2.45) is 0 Å². The molecule has 1 fully saturated rings.